The molecule has 0 aliphatic heterocycles. The number of nitrogens with zero attached hydrogens (tertiary/aromatic N) is 2. The fraction of sp³-hybridized carbons (Fsp3) is 0.267. The van der Waals surface area contributed by atoms with Crippen molar-refractivity contribution in [1.29, 1.82) is 0 Å². The van der Waals surface area contributed by atoms with Crippen molar-refractivity contribution < 1.29 is 9.53 Å². The van der Waals surface area contributed by atoms with Gasteiger partial charge in [0.1, 0.15) is 5.75 Å². The van der Waals surface area contributed by atoms with Crippen LogP contribution in [0.2, 0.25) is 0 Å². The number of anilines is 1. The van der Waals surface area contributed by atoms with Crippen molar-refractivity contribution in [2.75, 3.05) is 18.9 Å². The van der Waals surface area contributed by atoms with Gasteiger partial charge in [0.15, 0.2) is 0 Å². The summed E-state index contributed by atoms with van der Waals surface area (Å²) in [6.07, 6.45) is 5.95. The van der Waals surface area contributed by atoms with E-state index in [2.05, 4.69) is 20.6 Å². The zero-order valence-corrected chi connectivity index (χ0v) is 11.9. The van der Waals surface area contributed by atoms with Gasteiger partial charge < -0.3 is 15.4 Å². The average molecular weight is 286 g/mol. The van der Waals surface area contributed by atoms with Gasteiger partial charge in [-0.3, -0.25) is 9.78 Å². The Balaban J connectivity index is 1.93. The SMILES string of the molecule is CNCCCC(=O)Nc1cccc(Oc2cnccn2)c1. The van der Waals surface area contributed by atoms with Crippen molar-refractivity contribution in [3.8, 4) is 11.6 Å². The largest absolute Gasteiger partial charge is 0.437 e. The summed E-state index contributed by atoms with van der Waals surface area (Å²) in [5.41, 5.74) is 0.700. The molecular weight excluding hydrogens is 268 g/mol. The lowest BCUT2D eigenvalue weighted by Crippen LogP contribution is -2.15. The fourth-order valence-electron chi connectivity index (χ4n) is 1.75. The van der Waals surface area contributed by atoms with Gasteiger partial charge in [-0.2, -0.15) is 0 Å². The van der Waals surface area contributed by atoms with Gasteiger partial charge >= 0.3 is 0 Å². The van der Waals surface area contributed by atoms with Gasteiger partial charge in [0.05, 0.1) is 6.20 Å². The zero-order valence-electron chi connectivity index (χ0n) is 11.9. The van der Waals surface area contributed by atoms with E-state index in [1.807, 2.05) is 19.2 Å². The second-order valence-corrected chi connectivity index (χ2v) is 4.43. The van der Waals surface area contributed by atoms with Crippen LogP contribution in [0, 0.1) is 0 Å². The second-order valence-electron chi connectivity index (χ2n) is 4.43. The van der Waals surface area contributed by atoms with Crippen LogP contribution in [-0.4, -0.2) is 29.5 Å². The van der Waals surface area contributed by atoms with E-state index in [0.717, 1.165) is 13.0 Å². The molecule has 0 saturated carbocycles. The number of carbonyl (C=O) groups is 1. The van der Waals surface area contributed by atoms with E-state index in [-0.39, 0.29) is 5.91 Å². The molecule has 0 fully saturated rings. The number of hydrogen-bond acceptors (Lipinski definition) is 5. The minimum absolute atomic E-state index is 0.0121. The van der Waals surface area contributed by atoms with Crippen molar-refractivity contribution in [2.45, 2.75) is 12.8 Å². The molecule has 1 amide bonds. The molecule has 2 N–H and O–H groups in total. The van der Waals surface area contributed by atoms with Gasteiger partial charge in [-0.15, -0.1) is 0 Å². The molecule has 1 aromatic heterocycles. The van der Waals surface area contributed by atoms with Crippen LogP contribution < -0.4 is 15.4 Å². The Morgan fingerprint density at radius 2 is 2.24 bits per heavy atom. The Morgan fingerprint density at radius 1 is 1.33 bits per heavy atom. The van der Waals surface area contributed by atoms with E-state index < -0.39 is 0 Å². The van der Waals surface area contributed by atoms with E-state index in [1.54, 1.807) is 24.5 Å². The number of carbonyl (C=O) groups excluding carboxylic acids is 1. The summed E-state index contributed by atoms with van der Waals surface area (Å²) in [6, 6.07) is 7.18. The molecule has 2 aromatic rings. The van der Waals surface area contributed by atoms with Gasteiger partial charge in [0.2, 0.25) is 11.8 Å². The van der Waals surface area contributed by atoms with Crippen molar-refractivity contribution in [1.82, 2.24) is 15.3 Å². The molecule has 2 rings (SSSR count). The number of nitrogens with one attached hydrogen (secondary N) is 2. The van der Waals surface area contributed by atoms with Crippen LogP contribution in [0.15, 0.2) is 42.9 Å². The van der Waals surface area contributed by atoms with Crippen molar-refractivity contribution in [2.24, 2.45) is 0 Å². The van der Waals surface area contributed by atoms with Gasteiger partial charge in [-0.05, 0) is 32.1 Å². The van der Waals surface area contributed by atoms with Gasteiger partial charge in [0, 0.05) is 30.6 Å². The lowest BCUT2D eigenvalue weighted by atomic mass is 10.2. The van der Waals surface area contributed by atoms with Crippen molar-refractivity contribution in [3.63, 3.8) is 0 Å². The van der Waals surface area contributed by atoms with E-state index in [1.165, 1.54) is 6.20 Å². The molecular formula is C15H18N4O2. The zero-order chi connectivity index (χ0) is 14.9. The summed E-state index contributed by atoms with van der Waals surface area (Å²) >= 11 is 0. The summed E-state index contributed by atoms with van der Waals surface area (Å²) < 4.78 is 5.56. The summed E-state index contributed by atoms with van der Waals surface area (Å²) in [6.45, 7) is 0.823. The third kappa shape index (κ3) is 5.19. The van der Waals surface area contributed by atoms with Crippen molar-refractivity contribution >= 4 is 11.6 Å². The third-order valence-corrected chi connectivity index (χ3v) is 2.71. The molecule has 0 radical (unpaired) electrons. The van der Waals surface area contributed by atoms with Crippen molar-refractivity contribution in [3.05, 3.63) is 42.9 Å². The highest BCUT2D eigenvalue weighted by molar-refractivity contribution is 5.90. The first-order valence-electron chi connectivity index (χ1n) is 6.76. The lowest BCUT2D eigenvalue weighted by Gasteiger charge is -2.08. The van der Waals surface area contributed by atoms with Crippen LogP contribution in [0.3, 0.4) is 0 Å². The quantitative estimate of drug-likeness (QED) is 0.763. The van der Waals surface area contributed by atoms with Crippen LogP contribution in [0.25, 0.3) is 0 Å². The molecule has 6 nitrogen and oxygen atoms in total. The number of rotatable bonds is 7. The van der Waals surface area contributed by atoms with Crippen LogP contribution in [0.1, 0.15) is 12.8 Å². The highest BCUT2D eigenvalue weighted by Gasteiger charge is 2.04. The normalized spacial score (nSPS) is 10.1. The van der Waals surface area contributed by atoms with E-state index in [9.17, 15) is 4.79 Å². The molecule has 0 aliphatic carbocycles. The summed E-state index contributed by atoms with van der Waals surface area (Å²) in [5.74, 6) is 1.00. The predicted molar refractivity (Wildman–Crippen MR) is 80.3 cm³/mol. The molecule has 1 heterocycles. The molecule has 1 aromatic carbocycles. The van der Waals surface area contributed by atoms with E-state index >= 15 is 0 Å². The highest BCUT2D eigenvalue weighted by Crippen LogP contribution is 2.22. The number of ether oxygens (including phenoxy) is 1. The Kier molecular flexibility index (Phi) is 5.66. The Labute approximate surface area is 123 Å². The fourth-order valence-corrected chi connectivity index (χ4v) is 1.75. The smallest absolute Gasteiger partial charge is 0.237 e. The van der Waals surface area contributed by atoms with Crippen LogP contribution in [0.4, 0.5) is 5.69 Å². The van der Waals surface area contributed by atoms with Gasteiger partial charge in [-0.25, -0.2) is 4.98 Å². The van der Waals surface area contributed by atoms with Crippen LogP contribution in [0.5, 0.6) is 11.6 Å². The van der Waals surface area contributed by atoms with Gasteiger partial charge in [-0.1, -0.05) is 6.07 Å². The molecule has 0 bridgehead atoms. The maximum Gasteiger partial charge on any atom is 0.237 e. The molecule has 0 saturated heterocycles. The average Bonchev–Trinajstić information content (AvgIpc) is 2.49. The molecule has 0 atom stereocenters. The topological polar surface area (TPSA) is 76.1 Å². The molecule has 110 valence electrons. The van der Waals surface area contributed by atoms with Crippen LogP contribution in [-0.2, 0) is 4.79 Å². The Morgan fingerprint density at radius 3 is 3.00 bits per heavy atom. The first-order chi connectivity index (χ1) is 10.3. The number of hydrogen-bond donors (Lipinski definition) is 2. The molecule has 21 heavy (non-hydrogen) atoms. The minimum atomic E-state index is -0.0121. The summed E-state index contributed by atoms with van der Waals surface area (Å²) in [5, 5.41) is 5.85. The molecule has 0 unspecified atom stereocenters. The molecule has 0 spiro atoms. The summed E-state index contributed by atoms with van der Waals surface area (Å²) in [7, 11) is 1.87. The molecule has 0 aliphatic rings. The van der Waals surface area contributed by atoms with Gasteiger partial charge in [0.25, 0.3) is 0 Å². The monoisotopic (exact) mass is 286 g/mol. The van der Waals surface area contributed by atoms with E-state index in [4.69, 9.17) is 4.74 Å². The minimum Gasteiger partial charge on any atom is -0.437 e. The first-order valence-corrected chi connectivity index (χ1v) is 6.76. The highest BCUT2D eigenvalue weighted by atomic mass is 16.5. The first kappa shape index (κ1) is 14.9. The number of amides is 1. The van der Waals surface area contributed by atoms with Crippen LogP contribution >= 0.6 is 0 Å². The lowest BCUT2D eigenvalue weighted by molar-refractivity contribution is -0.116. The third-order valence-electron chi connectivity index (χ3n) is 2.71. The predicted octanol–water partition coefficient (Wildman–Crippen LogP) is 2.21. The van der Waals surface area contributed by atoms with E-state index in [0.29, 0.717) is 23.7 Å². The Hall–Kier alpha value is -2.47. The second kappa shape index (κ2) is 7.96. The maximum atomic E-state index is 11.8. The Bertz CT molecular complexity index is 575. The maximum absolute atomic E-state index is 11.8. The summed E-state index contributed by atoms with van der Waals surface area (Å²) in [4.78, 5) is 19.7. The molecule has 6 heteroatoms. The standard InChI is InChI=1S/C15H18N4O2/c1-16-7-3-6-14(20)19-12-4-2-5-13(10-12)21-15-11-17-8-9-18-15/h2,4-5,8-11,16H,3,6-7H2,1H3,(H,19,20). The number of aromatic nitrogens is 2. The number of benzene rings is 1.